The zero-order chi connectivity index (χ0) is 55.8. The second kappa shape index (κ2) is 20.3. The van der Waals surface area contributed by atoms with E-state index in [9.17, 15) is 24.3 Å². The highest BCUT2D eigenvalue weighted by molar-refractivity contribution is 6.05. The van der Waals surface area contributed by atoms with Gasteiger partial charge in [0.1, 0.15) is 48.1 Å². The van der Waals surface area contributed by atoms with Crippen LogP contribution in [0.2, 0.25) is 0 Å². The van der Waals surface area contributed by atoms with Gasteiger partial charge in [-0.25, -0.2) is 32.1 Å². The van der Waals surface area contributed by atoms with Crippen molar-refractivity contribution in [1.82, 2.24) is 29.3 Å². The molecular weight excluding hydrogens is 1030 g/mol. The summed E-state index contributed by atoms with van der Waals surface area (Å²) < 4.78 is 83.0. The Labute approximate surface area is 449 Å². The van der Waals surface area contributed by atoms with E-state index in [4.69, 9.17) is 31.4 Å². The largest absolute Gasteiger partial charge is 0.461 e. The molecule has 8 heterocycles. The number of aromatic nitrogens is 4. The van der Waals surface area contributed by atoms with E-state index in [-0.39, 0.29) is 124 Å². The molecule has 2 atom stereocenters. The number of carbonyl (C=O) groups is 3. The molecule has 7 aromatic rings. The van der Waals surface area contributed by atoms with Gasteiger partial charge in [-0.1, -0.05) is 32.4 Å². The van der Waals surface area contributed by atoms with Crippen LogP contribution in [-0.4, -0.2) is 110 Å². The summed E-state index contributed by atoms with van der Waals surface area (Å²) in [4.78, 5) is 72.1. The molecule has 3 aromatic heterocycles. The summed E-state index contributed by atoms with van der Waals surface area (Å²) >= 11 is 0. The molecular formula is C58H53F4N9O8. The molecule has 0 spiro atoms. The van der Waals surface area contributed by atoms with Crippen LogP contribution in [0.3, 0.4) is 0 Å². The Morgan fingerprint density at radius 3 is 2.43 bits per heavy atom. The van der Waals surface area contributed by atoms with Crippen LogP contribution in [0.15, 0.2) is 71.5 Å². The number of nitrogens with one attached hydrogen (secondary N) is 1. The molecule has 12 rings (SSSR count). The number of esters is 1. The lowest BCUT2D eigenvalue weighted by Crippen LogP contribution is -2.50. The van der Waals surface area contributed by atoms with Crippen molar-refractivity contribution in [2.75, 3.05) is 61.8 Å². The van der Waals surface area contributed by atoms with Crippen LogP contribution < -0.4 is 26.2 Å². The Balaban J connectivity index is 0.00000326. The zero-order valence-corrected chi connectivity index (χ0v) is 43.4. The van der Waals surface area contributed by atoms with Crippen LogP contribution in [0.5, 0.6) is 6.01 Å². The smallest absolute Gasteiger partial charge is 0.412 e. The maximum Gasteiger partial charge on any atom is 0.412 e. The Morgan fingerprint density at radius 2 is 1.70 bits per heavy atom. The number of terminal acetylenes is 1. The van der Waals surface area contributed by atoms with Gasteiger partial charge in [0.2, 0.25) is 0 Å². The normalized spacial score (nSPS) is 17.5. The van der Waals surface area contributed by atoms with Crippen LogP contribution in [0, 0.1) is 35.6 Å². The van der Waals surface area contributed by atoms with Crippen LogP contribution in [-0.2, 0) is 32.2 Å². The number of anilines is 3. The molecule has 3 fully saturated rings. The Hall–Kier alpha value is -8.61. The number of fused-ring (bicyclic) bond motifs is 8. The lowest BCUT2D eigenvalue weighted by molar-refractivity contribution is -0.157. The number of nitrogens with two attached hydrogens (primary N) is 1. The number of nitrogen functional groups attached to an aromatic ring is 1. The van der Waals surface area contributed by atoms with E-state index in [0.29, 0.717) is 27.7 Å². The number of pyridine rings is 2. The molecule has 4 aromatic carbocycles. The number of hydrogen-bond donors (Lipinski definition) is 3. The van der Waals surface area contributed by atoms with E-state index in [2.05, 4.69) is 32.7 Å². The van der Waals surface area contributed by atoms with Gasteiger partial charge in [0.15, 0.2) is 11.9 Å². The minimum atomic E-state index is -1.64. The number of amides is 2. The first-order valence-corrected chi connectivity index (χ1v) is 26.0. The van der Waals surface area contributed by atoms with Crippen molar-refractivity contribution in [3.8, 4) is 40.9 Å². The molecule has 2 unspecified atom stereocenters. The first-order chi connectivity index (χ1) is 38.0. The summed E-state index contributed by atoms with van der Waals surface area (Å²) in [5.74, 6) is -2.61. The number of rotatable bonds is 9. The molecule has 17 nitrogen and oxygen atoms in total. The molecule has 2 amide bonds. The van der Waals surface area contributed by atoms with Crippen LogP contribution in [0.1, 0.15) is 74.8 Å². The average molecular weight is 1080 g/mol. The number of halogens is 4. The third-order valence-corrected chi connectivity index (χ3v) is 15.6. The van der Waals surface area contributed by atoms with Gasteiger partial charge in [-0.15, -0.1) is 6.42 Å². The molecule has 0 bridgehead atoms. The second-order valence-corrected chi connectivity index (χ2v) is 20.1. The summed E-state index contributed by atoms with van der Waals surface area (Å²) in [6.07, 6.45) is 5.66. The highest BCUT2D eigenvalue weighted by atomic mass is 19.1. The standard InChI is InChI=1S/C56H47F4N9O8.C2H6/c1-4-33-38(57)8-7-29-18-32(61)20-35(44(29)33)45-40(59)21-36-48(46(45)60)64-54(76-26-56-9-5-11-68(56)12-6-10-56)65-50(36)66-13-15-67(16-14-66)51(71)27(2)28(3)77-55(74)63-42-19-30-17-31-24-69-43(47(31)62-41(30)23-39(42)58)22-34-37(52(69)72)25-75-53(73)49(34)70;1-2/h1,7-8,17-23,28,49,70H,2,5-6,9-16,24-26,61H2,3H3,(H,63,74);1-2H3. The van der Waals surface area contributed by atoms with Gasteiger partial charge >= 0.3 is 18.1 Å². The van der Waals surface area contributed by atoms with Gasteiger partial charge in [0.25, 0.3) is 11.5 Å². The predicted octanol–water partition coefficient (Wildman–Crippen LogP) is 8.27. The molecule has 5 aliphatic heterocycles. The van der Waals surface area contributed by atoms with Gasteiger partial charge < -0.3 is 39.4 Å². The molecule has 406 valence electrons. The molecule has 0 aliphatic carbocycles. The van der Waals surface area contributed by atoms with E-state index in [1.165, 1.54) is 52.8 Å². The van der Waals surface area contributed by atoms with E-state index < -0.39 is 64.6 Å². The number of cyclic esters (lactones) is 1. The summed E-state index contributed by atoms with van der Waals surface area (Å²) in [7, 11) is 0. The Bertz CT molecular complexity index is 3860. The third kappa shape index (κ3) is 8.97. The lowest BCUT2D eigenvalue weighted by atomic mass is 9.92. The molecule has 5 aliphatic rings. The maximum atomic E-state index is 17.3. The van der Waals surface area contributed by atoms with E-state index in [1.54, 1.807) is 11.0 Å². The molecule has 79 heavy (non-hydrogen) atoms. The van der Waals surface area contributed by atoms with Crippen LogP contribution in [0.4, 0.5) is 39.5 Å². The van der Waals surface area contributed by atoms with Crippen LogP contribution in [0.25, 0.3) is 55.1 Å². The Morgan fingerprint density at radius 1 is 0.949 bits per heavy atom. The van der Waals surface area contributed by atoms with E-state index in [0.717, 1.165) is 50.9 Å². The van der Waals surface area contributed by atoms with Crippen molar-refractivity contribution in [3.63, 3.8) is 0 Å². The van der Waals surface area contributed by atoms with E-state index >= 15 is 17.6 Å². The lowest BCUT2D eigenvalue weighted by Gasteiger charge is -2.36. The fourth-order valence-electron chi connectivity index (χ4n) is 11.7. The van der Waals surface area contributed by atoms with Gasteiger partial charge in [-0.2, -0.15) is 9.97 Å². The van der Waals surface area contributed by atoms with Crippen LogP contribution >= 0.6 is 0 Å². The second-order valence-electron chi connectivity index (χ2n) is 20.1. The summed E-state index contributed by atoms with van der Waals surface area (Å²) in [5, 5.41) is 13.7. The van der Waals surface area contributed by atoms with Gasteiger partial charge in [0.05, 0.1) is 56.9 Å². The van der Waals surface area contributed by atoms with Gasteiger partial charge in [0, 0.05) is 65.2 Å². The number of benzene rings is 4. The average Bonchev–Trinajstić information content (AvgIpc) is 4.34. The highest BCUT2D eigenvalue weighted by Gasteiger charge is 2.45. The SMILES string of the molecule is C#Cc1c(F)ccc2cc(N)cc(-c3c(F)cc4c(N5CCN(C(=O)C(=C)C(C)OC(=O)Nc6cc7cc8c(nc7cc6F)-c6cc7c(c(=O)n6C8)COC(=O)C7O)CC5)nc(OCC56CCCN5CCC6)nc4c3F)c12.CC. The molecule has 4 N–H and O–H groups in total. The molecule has 0 radical (unpaired) electrons. The van der Waals surface area contributed by atoms with Crippen molar-refractivity contribution in [3.05, 3.63) is 123 Å². The fourth-order valence-corrected chi connectivity index (χ4v) is 11.7. The quantitative estimate of drug-likeness (QED) is 0.0409. The van der Waals surface area contributed by atoms with Crippen molar-refractivity contribution in [1.29, 1.82) is 0 Å². The van der Waals surface area contributed by atoms with Gasteiger partial charge in [-0.3, -0.25) is 19.8 Å². The zero-order valence-electron chi connectivity index (χ0n) is 43.4. The molecule has 3 saturated heterocycles. The number of ether oxygens (including phenoxy) is 3. The first kappa shape index (κ1) is 52.4. The van der Waals surface area contributed by atoms with Crippen molar-refractivity contribution in [2.45, 2.75) is 77.4 Å². The Kier molecular flexibility index (Phi) is 13.5. The topological polar surface area (TPSA) is 208 Å². The summed E-state index contributed by atoms with van der Waals surface area (Å²) in [6.45, 7) is 11.7. The van der Waals surface area contributed by atoms with Crippen molar-refractivity contribution >= 4 is 67.7 Å². The van der Waals surface area contributed by atoms with Crippen molar-refractivity contribution < 1.29 is 51.3 Å². The number of carbonyl (C=O) groups excluding carboxylic acids is 3. The summed E-state index contributed by atoms with van der Waals surface area (Å²) in [6, 6.07) is 12.1. The number of hydrogen-bond acceptors (Lipinski definition) is 14. The number of nitrogens with zero attached hydrogens (tertiary/aromatic N) is 7. The monoisotopic (exact) mass is 1080 g/mol. The first-order valence-electron chi connectivity index (χ1n) is 26.0. The van der Waals surface area contributed by atoms with E-state index in [1.807, 2.05) is 13.8 Å². The number of piperazine rings is 1. The fraction of sp³-hybridized carbons (Fsp3) is 0.328. The predicted molar refractivity (Wildman–Crippen MR) is 287 cm³/mol. The highest BCUT2D eigenvalue weighted by Crippen LogP contribution is 2.43. The number of aliphatic hydroxyl groups excluding tert-OH is 1. The maximum absolute atomic E-state index is 17.3. The van der Waals surface area contributed by atoms with Crippen molar-refractivity contribution in [2.24, 2.45) is 0 Å². The van der Waals surface area contributed by atoms with Gasteiger partial charge in [-0.05, 0) is 99.1 Å². The minimum Gasteiger partial charge on any atom is -0.461 e. The molecule has 0 saturated carbocycles. The third-order valence-electron chi connectivity index (χ3n) is 15.6. The number of aliphatic hydroxyl groups is 1. The molecule has 21 heteroatoms. The summed E-state index contributed by atoms with van der Waals surface area (Å²) in [5.41, 5.74) is 6.14. The minimum absolute atomic E-state index is 0.0204.